The van der Waals surface area contributed by atoms with Gasteiger partial charge in [-0.3, -0.25) is 14.5 Å². The lowest BCUT2D eigenvalue weighted by molar-refractivity contribution is -0.148. The first-order valence-electron chi connectivity index (χ1n) is 9.02. The fourth-order valence-corrected chi connectivity index (χ4v) is 4.04. The first kappa shape index (κ1) is 21.8. The quantitative estimate of drug-likeness (QED) is 0.629. The molecule has 0 radical (unpaired) electrons. The van der Waals surface area contributed by atoms with Gasteiger partial charge in [0.2, 0.25) is 5.91 Å². The van der Waals surface area contributed by atoms with Crippen molar-refractivity contribution in [2.24, 2.45) is 5.92 Å². The zero-order chi connectivity index (χ0) is 20.2. The third-order valence-electron chi connectivity index (χ3n) is 4.69. The minimum absolute atomic E-state index is 0.0664. The number of rotatable bonds is 7. The highest BCUT2D eigenvalue weighted by atomic mass is 79.9. The number of benzene rings is 1. The van der Waals surface area contributed by atoms with Gasteiger partial charge in [0.05, 0.1) is 0 Å². The Morgan fingerprint density at radius 2 is 2.15 bits per heavy atom. The summed E-state index contributed by atoms with van der Waals surface area (Å²) in [4.78, 5) is 28.0. The van der Waals surface area contributed by atoms with Crippen LogP contribution in [0.15, 0.2) is 39.4 Å². The van der Waals surface area contributed by atoms with E-state index in [2.05, 4.69) is 35.1 Å². The van der Waals surface area contributed by atoms with E-state index < -0.39 is 5.54 Å². The van der Waals surface area contributed by atoms with Crippen molar-refractivity contribution in [2.45, 2.75) is 46.6 Å². The van der Waals surface area contributed by atoms with Crippen LogP contribution in [0.1, 0.15) is 41.0 Å². The standard InChI is InChI=1S/C20H27BrN2O3S/c1-6-13(2)11-27-17-14(3)26-12-23(18(17)24)20(4,5)19(25)22-16-9-7-8-15(21)10-16/h7-10,13H,6,11-12H2,1-5H3,(H,22,25). The van der Waals surface area contributed by atoms with Crippen LogP contribution in [0.2, 0.25) is 0 Å². The van der Waals surface area contributed by atoms with Crippen molar-refractivity contribution < 1.29 is 14.3 Å². The zero-order valence-corrected chi connectivity index (χ0v) is 18.9. The zero-order valence-electron chi connectivity index (χ0n) is 16.5. The van der Waals surface area contributed by atoms with Gasteiger partial charge in [-0.25, -0.2) is 0 Å². The number of thioether (sulfide) groups is 1. The van der Waals surface area contributed by atoms with Crippen LogP contribution >= 0.6 is 27.7 Å². The van der Waals surface area contributed by atoms with Crippen molar-refractivity contribution in [1.82, 2.24) is 4.90 Å². The predicted octanol–water partition coefficient (Wildman–Crippen LogP) is 4.99. The van der Waals surface area contributed by atoms with Crippen LogP contribution in [-0.2, 0) is 14.3 Å². The molecule has 0 spiro atoms. The van der Waals surface area contributed by atoms with Crippen LogP contribution < -0.4 is 5.32 Å². The fraction of sp³-hybridized carbons (Fsp3) is 0.500. The minimum atomic E-state index is -1.05. The number of allylic oxidation sites excluding steroid dienone is 1. The third-order valence-corrected chi connectivity index (χ3v) is 6.67. The highest BCUT2D eigenvalue weighted by Gasteiger charge is 2.42. The molecule has 2 rings (SSSR count). The molecule has 1 aromatic rings. The summed E-state index contributed by atoms with van der Waals surface area (Å²) in [6.45, 7) is 9.63. The summed E-state index contributed by atoms with van der Waals surface area (Å²) in [7, 11) is 0. The second-order valence-corrected chi connectivity index (χ2v) is 9.19. The summed E-state index contributed by atoms with van der Waals surface area (Å²) in [5.74, 6) is 1.57. The van der Waals surface area contributed by atoms with Gasteiger partial charge >= 0.3 is 0 Å². The molecular weight excluding hydrogens is 428 g/mol. The van der Waals surface area contributed by atoms with Crippen LogP contribution in [-0.4, -0.2) is 34.7 Å². The lowest BCUT2D eigenvalue weighted by Gasteiger charge is -2.40. The highest BCUT2D eigenvalue weighted by Crippen LogP contribution is 2.33. The number of anilines is 1. The first-order chi connectivity index (χ1) is 12.7. The Morgan fingerprint density at radius 1 is 1.44 bits per heavy atom. The maximum absolute atomic E-state index is 13.1. The minimum Gasteiger partial charge on any atom is -0.476 e. The number of amides is 2. The summed E-state index contributed by atoms with van der Waals surface area (Å²) in [5, 5.41) is 2.89. The molecule has 1 N–H and O–H groups in total. The summed E-state index contributed by atoms with van der Waals surface area (Å²) in [5.41, 5.74) is -0.381. The van der Waals surface area contributed by atoms with Crippen LogP contribution in [0.5, 0.6) is 0 Å². The molecule has 0 fully saturated rings. The van der Waals surface area contributed by atoms with Gasteiger partial charge in [0, 0.05) is 15.9 Å². The molecule has 1 aliphatic rings. The largest absolute Gasteiger partial charge is 0.476 e. The van der Waals surface area contributed by atoms with Crippen LogP contribution in [0, 0.1) is 5.92 Å². The van der Waals surface area contributed by atoms with Gasteiger partial charge in [-0.05, 0) is 44.9 Å². The summed E-state index contributed by atoms with van der Waals surface area (Å²) in [6.07, 6.45) is 1.05. The van der Waals surface area contributed by atoms with Crippen molar-refractivity contribution >= 4 is 45.2 Å². The molecule has 0 bridgehead atoms. The fourth-order valence-electron chi connectivity index (χ4n) is 2.45. The number of carbonyl (C=O) groups excluding carboxylic acids is 2. The van der Waals surface area contributed by atoms with Gasteiger partial charge in [-0.15, -0.1) is 11.8 Å². The Balaban J connectivity index is 2.15. The van der Waals surface area contributed by atoms with E-state index in [4.69, 9.17) is 4.74 Å². The second-order valence-electron chi connectivity index (χ2n) is 7.24. The van der Waals surface area contributed by atoms with E-state index in [0.29, 0.717) is 22.3 Å². The Bertz CT molecular complexity index is 748. The molecule has 0 aromatic heterocycles. The van der Waals surface area contributed by atoms with Crippen molar-refractivity contribution in [1.29, 1.82) is 0 Å². The van der Waals surface area contributed by atoms with Gasteiger partial charge < -0.3 is 10.1 Å². The smallest absolute Gasteiger partial charge is 0.267 e. The van der Waals surface area contributed by atoms with E-state index in [1.165, 1.54) is 16.7 Å². The molecule has 2 amide bonds. The summed E-state index contributed by atoms with van der Waals surface area (Å²) >= 11 is 4.90. The van der Waals surface area contributed by atoms with Gasteiger partial charge in [0.1, 0.15) is 16.2 Å². The normalized spacial score (nSPS) is 16.2. The van der Waals surface area contributed by atoms with Gasteiger partial charge in [-0.2, -0.15) is 0 Å². The van der Waals surface area contributed by atoms with Gasteiger partial charge in [0.15, 0.2) is 6.73 Å². The van der Waals surface area contributed by atoms with E-state index in [0.717, 1.165) is 16.6 Å². The number of carbonyl (C=O) groups is 2. The number of nitrogens with zero attached hydrogens (tertiary/aromatic N) is 1. The Kier molecular flexibility index (Phi) is 7.40. The maximum atomic E-state index is 13.1. The van der Waals surface area contributed by atoms with Crippen LogP contribution in [0.25, 0.3) is 0 Å². The Labute approximate surface area is 174 Å². The number of hydrogen-bond donors (Lipinski definition) is 1. The number of nitrogens with one attached hydrogen (secondary N) is 1. The summed E-state index contributed by atoms with van der Waals surface area (Å²) < 4.78 is 6.59. The van der Waals surface area contributed by atoms with E-state index in [-0.39, 0.29) is 18.5 Å². The molecule has 1 aromatic carbocycles. The van der Waals surface area contributed by atoms with Crippen molar-refractivity contribution in [3.05, 3.63) is 39.4 Å². The van der Waals surface area contributed by atoms with E-state index in [1.54, 1.807) is 13.8 Å². The molecular formula is C20H27BrN2O3S. The SMILES string of the molecule is CCC(C)CSC1=C(C)OCN(C(C)(C)C(=O)Nc2cccc(Br)c2)C1=O. The lowest BCUT2D eigenvalue weighted by atomic mass is 10.0. The lowest BCUT2D eigenvalue weighted by Crippen LogP contribution is -2.57. The average molecular weight is 455 g/mol. The molecule has 0 saturated carbocycles. The van der Waals surface area contributed by atoms with Crippen LogP contribution in [0.4, 0.5) is 5.69 Å². The molecule has 1 heterocycles. The first-order valence-corrected chi connectivity index (χ1v) is 10.8. The summed E-state index contributed by atoms with van der Waals surface area (Å²) in [6, 6.07) is 7.36. The molecule has 1 atom stereocenters. The van der Waals surface area contributed by atoms with Gasteiger partial charge in [0.25, 0.3) is 5.91 Å². The number of ether oxygens (including phenoxy) is 1. The predicted molar refractivity (Wildman–Crippen MR) is 114 cm³/mol. The third kappa shape index (κ3) is 5.29. The molecule has 7 heteroatoms. The van der Waals surface area contributed by atoms with E-state index in [1.807, 2.05) is 31.2 Å². The molecule has 5 nitrogen and oxygen atoms in total. The Morgan fingerprint density at radius 3 is 2.78 bits per heavy atom. The monoisotopic (exact) mass is 454 g/mol. The van der Waals surface area contributed by atoms with Crippen LogP contribution in [0.3, 0.4) is 0 Å². The molecule has 1 unspecified atom stereocenters. The Hall–Kier alpha value is -1.47. The topological polar surface area (TPSA) is 58.6 Å². The maximum Gasteiger partial charge on any atom is 0.267 e. The molecule has 148 valence electrons. The second kappa shape index (κ2) is 9.15. The van der Waals surface area contributed by atoms with E-state index >= 15 is 0 Å². The van der Waals surface area contributed by atoms with Crippen molar-refractivity contribution in [3.63, 3.8) is 0 Å². The molecule has 0 saturated heterocycles. The number of halogens is 1. The van der Waals surface area contributed by atoms with Crippen molar-refractivity contribution in [2.75, 3.05) is 17.8 Å². The van der Waals surface area contributed by atoms with Gasteiger partial charge in [-0.1, -0.05) is 42.3 Å². The molecule has 0 aliphatic carbocycles. The average Bonchev–Trinajstić information content (AvgIpc) is 2.60. The molecule has 27 heavy (non-hydrogen) atoms. The highest BCUT2D eigenvalue weighted by molar-refractivity contribution is 9.10. The number of hydrogen-bond acceptors (Lipinski definition) is 4. The van der Waals surface area contributed by atoms with Crippen molar-refractivity contribution in [3.8, 4) is 0 Å². The van der Waals surface area contributed by atoms with E-state index in [9.17, 15) is 9.59 Å². The molecule has 1 aliphatic heterocycles.